The van der Waals surface area contributed by atoms with Crippen LogP contribution in [0, 0.1) is 0 Å². The van der Waals surface area contributed by atoms with Gasteiger partial charge in [-0.15, -0.1) is 10.2 Å². The summed E-state index contributed by atoms with van der Waals surface area (Å²) in [6.45, 7) is 4.53. The van der Waals surface area contributed by atoms with E-state index in [0.717, 1.165) is 26.2 Å². The lowest BCUT2D eigenvalue weighted by atomic mass is 10.3. The summed E-state index contributed by atoms with van der Waals surface area (Å²) in [7, 11) is 0. The lowest BCUT2D eigenvalue weighted by molar-refractivity contribution is -0.192. The van der Waals surface area contributed by atoms with Crippen molar-refractivity contribution in [1.82, 2.24) is 35.4 Å². The van der Waals surface area contributed by atoms with E-state index in [1.165, 1.54) is 0 Å². The van der Waals surface area contributed by atoms with E-state index in [2.05, 4.69) is 35.4 Å². The zero-order valence-electron chi connectivity index (χ0n) is 13.4. The highest BCUT2D eigenvalue weighted by Gasteiger charge is 2.38. The first-order valence-corrected chi connectivity index (χ1v) is 7.32. The molecule has 0 aromatic carbocycles. The van der Waals surface area contributed by atoms with Crippen LogP contribution in [0.25, 0.3) is 11.2 Å². The molecule has 2 aromatic heterocycles. The van der Waals surface area contributed by atoms with E-state index in [9.17, 15) is 13.2 Å². The number of halogens is 3. The maximum absolute atomic E-state index is 10.6. The summed E-state index contributed by atoms with van der Waals surface area (Å²) < 4.78 is 31.7. The third kappa shape index (κ3) is 5.32. The monoisotopic (exact) mass is 375 g/mol. The Morgan fingerprint density at radius 3 is 2.35 bits per heavy atom. The molecule has 1 saturated heterocycles. The number of carboxylic acids is 1. The maximum Gasteiger partial charge on any atom is 0.490 e. The average Bonchev–Trinajstić information content (AvgIpc) is 2.56. The molecule has 6 N–H and O–H groups in total. The molecule has 26 heavy (non-hydrogen) atoms. The van der Waals surface area contributed by atoms with Gasteiger partial charge >= 0.3 is 12.1 Å². The SMILES string of the molecule is Nc1nc(N)c2nc(CN3CCNCC3)nnc2n1.O=C(O)C(F)(F)F. The van der Waals surface area contributed by atoms with E-state index >= 15 is 0 Å². The van der Waals surface area contributed by atoms with E-state index in [0.29, 0.717) is 23.5 Å². The summed E-state index contributed by atoms with van der Waals surface area (Å²) in [5, 5.41) is 18.5. The molecular weight excluding hydrogens is 359 g/mol. The van der Waals surface area contributed by atoms with Crippen molar-refractivity contribution in [3.8, 4) is 0 Å². The predicted octanol–water partition coefficient (Wildman–Crippen LogP) is -0.982. The lowest BCUT2D eigenvalue weighted by Crippen LogP contribution is -2.43. The predicted molar refractivity (Wildman–Crippen MR) is 83.6 cm³/mol. The van der Waals surface area contributed by atoms with Gasteiger partial charge < -0.3 is 21.9 Å². The van der Waals surface area contributed by atoms with Gasteiger partial charge in [0.25, 0.3) is 0 Å². The molecule has 14 heteroatoms. The summed E-state index contributed by atoms with van der Waals surface area (Å²) in [4.78, 5) is 23.4. The second kappa shape index (κ2) is 8.01. The molecule has 3 rings (SSSR count). The molecule has 1 fully saturated rings. The number of hydrogen-bond donors (Lipinski definition) is 4. The largest absolute Gasteiger partial charge is 0.490 e. The van der Waals surface area contributed by atoms with Gasteiger partial charge in [-0.1, -0.05) is 0 Å². The maximum atomic E-state index is 10.6. The van der Waals surface area contributed by atoms with Gasteiger partial charge in [-0.3, -0.25) is 4.90 Å². The fraction of sp³-hybridized carbons (Fsp3) is 0.500. The first-order valence-electron chi connectivity index (χ1n) is 7.32. The molecular formula is C12H16F3N9O2. The number of carbonyl (C=O) groups is 1. The molecule has 0 spiro atoms. The lowest BCUT2D eigenvalue weighted by Gasteiger charge is -2.26. The molecule has 0 unspecified atom stereocenters. The number of aromatic nitrogens is 5. The summed E-state index contributed by atoms with van der Waals surface area (Å²) in [5.74, 6) is -1.82. The highest BCUT2D eigenvalue weighted by atomic mass is 19.4. The minimum absolute atomic E-state index is 0.0796. The van der Waals surface area contributed by atoms with Crippen LogP contribution in [0.5, 0.6) is 0 Å². The first-order chi connectivity index (χ1) is 12.2. The van der Waals surface area contributed by atoms with Crippen LogP contribution in [0.15, 0.2) is 0 Å². The van der Waals surface area contributed by atoms with Crippen molar-refractivity contribution in [3.05, 3.63) is 5.82 Å². The summed E-state index contributed by atoms with van der Waals surface area (Å²) >= 11 is 0. The number of hydrogen-bond acceptors (Lipinski definition) is 10. The number of nitrogens with two attached hydrogens (primary N) is 2. The van der Waals surface area contributed by atoms with Crippen molar-refractivity contribution in [2.75, 3.05) is 37.6 Å². The van der Waals surface area contributed by atoms with Crippen LogP contribution < -0.4 is 16.8 Å². The average molecular weight is 375 g/mol. The highest BCUT2D eigenvalue weighted by molar-refractivity contribution is 5.81. The molecule has 0 radical (unpaired) electrons. The molecule has 2 aromatic rings. The molecule has 142 valence electrons. The van der Waals surface area contributed by atoms with Crippen molar-refractivity contribution in [1.29, 1.82) is 0 Å². The number of nitrogen functional groups attached to an aromatic ring is 2. The van der Waals surface area contributed by atoms with Crippen LogP contribution in [0.2, 0.25) is 0 Å². The van der Waals surface area contributed by atoms with Gasteiger partial charge in [-0.05, 0) is 0 Å². The van der Waals surface area contributed by atoms with Crippen LogP contribution in [0.1, 0.15) is 5.82 Å². The van der Waals surface area contributed by atoms with Gasteiger partial charge in [-0.2, -0.15) is 23.1 Å². The van der Waals surface area contributed by atoms with Crippen LogP contribution >= 0.6 is 0 Å². The van der Waals surface area contributed by atoms with Crippen LogP contribution in [0.4, 0.5) is 24.9 Å². The topological polar surface area (TPSA) is 169 Å². The fourth-order valence-electron chi connectivity index (χ4n) is 2.05. The van der Waals surface area contributed by atoms with Crippen LogP contribution in [-0.4, -0.2) is 73.5 Å². The van der Waals surface area contributed by atoms with Gasteiger partial charge in [0.1, 0.15) is 0 Å². The number of nitrogens with one attached hydrogen (secondary N) is 1. The number of nitrogens with zero attached hydrogens (tertiary/aromatic N) is 6. The Morgan fingerprint density at radius 2 is 1.77 bits per heavy atom. The smallest absolute Gasteiger partial charge is 0.475 e. The Morgan fingerprint density at radius 1 is 1.15 bits per heavy atom. The number of rotatable bonds is 2. The van der Waals surface area contributed by atoms with Gasteiger partial charge in [-0.25, -0.2) is 9.78 Å². The van der Waals surface area contributed by atoms with Crippen LogP contribution in [0.3, 0.4) is 0 Å². The molecule has 1 aliphatic rings. The quantitative estimate of drug-likeness (QED) is 0.509. The van der Waals surface area contributed by atoms with Crippen molar-refractivity contribution in [3.63, 3.8) is 0 Å². The van der Waals surface area contributed by atoms with E-state index in [1.54, 1.807) is 0 Å². The molecule has 3 heterocycles. The molecule has 1 aliphatic heterocycles. The molecule has 0 saturated carbocycles. The van der Waals surface area contributed by atoms with Gasteiger partial charge in [0, 0.05) is 26.2 Å². The van der Waals surface area contributed by atoms with Crippen LogP contribution in [-0.2, 0) is 11.3 Å². The zero-order chi connectivity index (χ0) is 19.3. The number of anilines is 2. The van der Waals surface area contributed by atoms with Crippen molar-refractivity contribution in [2.45, 2.75) is 12.7 Å². The zero-order valence-corrected chi connectivity index (χ0v) is 13.4. The standard InChI is InChI=1S/C10H15N9.C2HF3O2/c11-8-7-9(16-10(12)15-8)18-17-6(14-7)5-19-3-1-13-2-4-19;3-2(4,5)1(6)7/h13H,1-5H2,(H4,11,12,15,16,18);(H,6,7). The van der Waals surface area contributed by atoms with E-state index in [1.807, 2.05) is 0 Å². The van der Waals surface area contributed by atoms with Crippen molar-refractivity contribution in [2.24, 2.45) is 0 Å². The molecule has 0 aliphatic carbocycles. The Balaban J connectivity index is 0.000000298. The van der Waals surface area contributed by atoms with E-state index < -0.39 is 12.1 Å². The van der Waals surface area contributed by atoms with Gasteiger partial charge in [0.05, 0.1) is 6.54 Å². The number of piperazine rings is 1. The van der Waals surface area contributed by atoms with Crippen molar-refractivity contribution >= 4 is 28.9 Å². The summed E-state index contributed by atoms with van der Waals surface area (Å²) in [6.07, 6.45) is -5.08. The summed E-state index contributed by atoms with van der Waals surface area (Å²) in [6, 6.07) is 0. The van der Waals surface area contributed by atoms with Gasteiger partial charge in [0.15, 0.2) is 17.2 Å². The Labute approximate surface area is 144 Å². The Hall–Kier alpha value is -2.87. The number of carboxylic acid groups (broad SMARTS) is 1. The van der Waals surface area contributed by atoms with Crippen molar-refractivity contribution < 1.29 is 23.1 Å². The number of fused-ring (bicyclic) bond motifs is 1. The molecule has 0 amide bonds. The normalized spacial score (nSPS) is 15.3. The fourth-order valence-corrected chi connectivity index (χ4v) is 2.05. The highest BCUT2D eigenvalue weighted by Crippen LogP contribution is 2.14. The first kappa shape index (κ1) is 19.5. The Bertz CT molecular complexity index is 780. The number of aliphatic carboxylic acids is 1. The third-order valence-corrected chi connectivity index (χ3v) is 3.23. The minimum Gasteiger partial charge on any atom is -0.475 e. The van der Waals surface area contributed by atoms with Gasteiger partial charge in [0.2, 0.25) is 11.6 Å². The second-order valence-electron chi connectivity index (χ2n) is 5.20. The number of alkyl halides is 3. The third-order valence-electron chi connectivity index (χ3n) is 3.23. The minimum atomic E-state index is -5.08. The second-order valence-corrected chi connectivity index (χ2v) is 5.20. The molecule has 0 atom stereocenters. The van der Waals surface area contributed by atoms with E-state index in [4.69, 9.17) is 21.4 Å². The summed E-state index contributed by atoms with van der Waals surface area (Å²) in [5.41, 5.74) is 12.1. The molecule has 0 bridgehead atoms. The Kier molecular flexibility index (Phi) is 5.99. The van der Waals surface area contributed by atoms with E-state index in [-0.39, 0.29) is 11.8 Å². The molecule has 11 nitrogen and oxygen atoms in total.